The van der Waals surface area contributed by atoms with Gasteiger partial charge in [-0.15, -0.1) is 0 Å². The molecule has 134 valence electrons. The Morgan fingerprint density at radius 2 is 1.72 bits per heavy atom. The predicted molar refractivity (Wildman–Crippen MR) is 88.2 cm³/mol. The second kappa shape index (κ2) is 7.65. The van der Waals surface area contributed by atoms with Crippen molar-refractivity contribution in [1.82, 2.24) is 0 Å². The number of carbonyl (C=O) groups is 1. The van der Waals surface area contributed by atoms with Crippen molar-refractivity contribution in [2.45, 2.75) is 19.2 Å². The van der Waals surface area contributed by atoms with E-state index in [0.29, 0.717) is 11.5 Å². The van der Waals surface area contributed by atoms with E-state index in [9.17, 15) is 18.0 Å². The Balaban J connectivity index is 2.05. The van der Waals surface area contributed by atoms with E-state index >= 15 is 0 Å². The summed E-state index contributed by atoms with van der Waals surface area (Å²) in [5.74, 6) is 0.465. The SMILES string of the molecule is COc1ccc(O[C@H](C)C(=O)Nc2ccc(Cl)c(C(F)(F)F)c2)cc1. The Bertz CT molecular complexity index is 748. The summed E-state index contributed by atoms with van der Waals surface area (Å²) >= 11 is 5.54. The van der Waals surface area contributed by atoms with E-state index in [1.54, 1.807) is 24.3 Å². The van der Waals surface area contributed by atoms with E-state index in [2.05, 4.69) is 5.32 Å². The number of nitrogens with one attached hydrogen (secondary N) is 1. The van der Waals surface area contributed by atoms with Crippen LogP contribution in [-0.4, -0.2) is 19.1 Å². The Hall–Kier alpha value is -2.41. The Labute approximate surface area is 147 Å². The zero-order valence-electron chi connectivity index (χ0n) is 13.4. The summed E-state index contributed by atoms with van der Waals surface area (Å²) in [7, 11) is 1.52. The quantitative estimate of drug-likeness (QED) is 0.821. The van der Waals surface area contributed by atoms with Crippen LogP contribution < -0.4 is 14.8 Å². The molecule has 2 rings (SSSR count). The third-order valence-corrected chi connectivity index (χ3v) is 3.61. The largest absolute Gasteiger partial charge is 0.497 e. The maximum absolute atomic E-state index is 12.8. The fourth-order valence-electron chi connectivity index (χ4n) is 1.98. The first-order valence-electron chi connectivity index (χ1n) is 7.19. The number of hydrogen-bond donors (Lipinski definition) is 1. The van der Waals surface area contributed by atoms with Gasteiger partial charge >= 0.3 is 6.18 Å². The smallest absolute Gasteiger partial charge is 0.417 e. The summed E-state index contributed by atoms with van der Waals surface area (Å²) in [6.07, 6.45) is -5.53. The first kappa shape index (κ1) is 18.9. The molecule has 0 saturated heterocycles. The van der Waals surface area contributed by atoms with Crippen LogP contribution in [0, 0.1) is 0 Å². The number of methoxy groups -OCH3 is 1. The Morgan fingerprint density at radius 1 is 1.12 bits per heavy atom. The number of rotatable bonds is 5. The number of anilines is 1. The lowest BCUT2D eigenvalue weighted by molar-refractivity contribution is -0.137. The van der Waals surface area contributed by atoms with Crippen LogP contribution >= 0.6 is 11.6 Å². The molecular formula is C17H15ClF3NO3. The van der Waals surface area contributed by atoms with Gasteiger partial charge in [0.05, 0.1) is 17.7 Å². The number of hydrogen-bond acceptors (Lipinski definition) is 3. The van der Waals surface area contributed by atoms with Crippen molar-refractivity contribution >= 4 is 23.2 Å². The number of halogens is 4. The molecule has 1 N–H and O–H groups in total. The van der Waals surface area contributed by atoms with Gasteiger partial charge in [0.2, 0.25) is 0 Å². The van der Waals surface area contributed by atoms with E-state index in [4.69, 9.17) is 21.1 Å². The van der Waals surface area contributed by atoms with Crippen LogP contribution in [0.1, 0.15) is 12.5 Å². The maximum atomic E-state index is 12.8. The van der Waals surface area contributed by atoms with E-state index in [1.165, 1.54) is 20.1 Å². The predicted octanol–water partition coefficient (Wildman–Crippen LogP) is 4.77. The van der Waals surface area contributed by atoms with Crippen LogP contribution in [-0.2, 0) is 11.0 Å². The molecule has 0 spiro atoms. The van der Waals surface area contributed by atoms with Gasteiger partial charge in [0.25, 0.3) is 5.91 Å². The van der Waals surface area contributed by atoms with Gasteiger partial charge in [-0.2, -0.15) is 13.2 Å². The van der Waals surface area contributed by atoms with Gasteiger partial charge in [0, 0.05) is 5.69 Å². The number of alkyl halides is 3. The molecule has 8 heteroatoms. The molecule has 1 amide bonds. The normalized spacial score (nSPS) is 12.4. The van der Waals surface area contributed by atoms with Crippen molar-refractivity contribution in [3.8, 4) is 11.5 Å². The van der Waals surface area contributed by atoms with Gasteiger partial charge in [0.1, 0.15) is 11.5 Å². The number of ether oxygens (including phenoxy) is 2. The molecule has 4 nitrogen and oxygen atoms in total. The van der Waals surface area contributed by atoms with E-state index in [1.807, 2.05) is 0 Å². The fraction of sp³-hybridized carbons (Fsp3) is 0.235. The van der Waals surface area contributed by atoms with Gasteiger partial charge in [-0.05, 0) is 49.4 Å². The molecular weight excluding hydrogens is 359 g/mol. The van der Waals surface area contributed by atoms with Crippen molar-refractivity contribution in [2.24, 2.45) is 0 Å². The Morgan fingerprint density at radius 3 is 2.28 bits per heavy atom. The summed E-state index contributed by atoms with van der Waals surface area (Å²) in [5.41, 5.74) is -1.04. The summed E-state index contributed by atoms with van der Waals surface area (Å²) in [4.78, 5) is 12.1. The topological polar surface area (TPSA) is 47.6 Å². The first-order chi connectivity index (χ1) is 11.7. The fourth-order valence-corrected chi connectivity index (χ4v) is 2.20. The third-order valence-electron chi connectivity index (χ3n) is 3.28. The number of amides is 1. The van der Waals surface area contributed by atoms with Crippen molar-refractivity contribution < 1.29 is 27.4 Å². The molecule has 0 aliphatic heterocycles. The number of carbonyl (C=O) groups excluding carboxylic acids is 1. The molecule has 0 bridgehead atoms. The molecule has 0 heterocycles. The molecule has 2 aromatic rings. The van der Waals surface area contributed by atoms with Crippen LogP contribution in [0.15, 0.2) is 42.5 Å². The average molecular weight is 374 g/mol. The van der Waals surface area contributed by atoms with Gasteiger partial charge in [0.15, 0.2) is 6.10 Å². The van der Waals surface area contributed by atoms with Gasteiger partial charge in [-0.3, -0.25) is 4.79 Å². The third kappa shape index (κ3) is 5.03. The van der Waals surface area contributed by atoms with Crippen LogP contribution in [0.25, 0.3) is 0 Å². The molecule has 2 aromatic carbocycles. The van der Waals surface area contributed by atoms with Crippen molar-refractivity contribution in [3.63, 3.8) is 0 Å². The molecule has 0 radical (unpaired) electrons. The molecule has 0 saturated carbocycles. The molecule has 0 aliphatic rings. The Kier molecular flexibility index (Phi) is 5.79. The van der Waals surface area contributed by atoms with E-state index < -0.39 is 28.8 Å². The van der Waals surface area contributed by atoms with Crippen LogP contribution in [0.3, 0.4) is 0 Å². The van der Waals surface area contributed by atoms with Gasteiger partial charge in [-0.25, -0.2) is 0 Å². The van der Waals surface area contributed by atoms with Crippen LogP contribution in [0.5, 0.6) is 11.5 Å². The average Bonchev–Trinajstić information content (AvgIpc) is 2.56. The highest BCUT2D eigenvalue weighted by molar-refractivity contribution is 6.31. The molecule has 0 fully saturated rings. The van der Waals surface area contributed by atoms with Crippen molar-refractivity contribution in [3.05, 3.63) is 53.1 Å². The monoisotopic (exact) mass is 373 g/mol. The summed E-state index contributed by atoms with van der Waals surface area (Å²) < 4.78 is 49.0. The summed E-state index contributed by atoms with van der Waals surface area (Å²) in [6, 6.07) is 9.70. The highest BCUT2D eigenvalue weighted by Gasteiger charge is 2.33. The molecule has 0 unspecified atom stereocenters. The van der Waals surface area contributed by atoms with Gasteiger partial charge < -0.3 is 14.8 Å². The second-order valence-corrected chi connectivity index (χ2v) is 5.52. The zero-order valence-corrected chi connectivity index (χ0v) is 14.1. The molecule has 0 aromatic heterocycles. The van der Waals surface area contributed by atoms with Crippen molar-refractivity contribution in [1.29, 1.82) is 0 Å². The van der Waals surface area contributed by atoms with E-state index in [-0.39, 0.29) is 5.69 Å². The highest BCUT2D eigenvalue weighted by Crippen LogP contribution is 2.36. The maximum Gasteiger partial charge on any atom is 0.417 e. The minimum atomic E-state index is -4.61. The molecule has 1 atom stereocenters. The van der Waals surface area contributed by atoms with Crippen molar-refractivity contribution in [2.75, 3.05) is 12.4 Å². The minimum absolute atomic E-state index is 0.0214. The van der Waals surface area contributed by atoms with Crippen LogP contribution in [0.2, 0.25) is 5.02 Å². The zero-order chi connectivity index (χ0) is 18.6. The first-order valence-corrected chi connectivity index (χ1v) is 7.57. The molecule has 25 heavy (non-hydrogen) atoms. The summed E-state index contributed by atoms with van der Waals surface area (Å²) in [5, 5.41) is 1.94. The highest BCUT2D eigenvalue weighted by atomic mass is 35.5. The lowest BCUT2D eigenvalue weighted by Crippen LogP contribution is -2.30. The minimum Gasteiger partial charge on any atom is -0.497 e. The molecule has 0 aliphatic carbocycles. The van der Waals surface area contributed by atoms with E-state index in [0.717, 1.165) is 12.1 Å². The second-order valence-electron chi connectivity index (χ2n) is 5.12. The number of benzene rings is 2. The summed E-state index contributed by atoms with van der Waals surface area (Å²) in [6.45, 7) is 1.49. The lowest BCUT2D eigenvalue weighted by Gasteiger charge is -2.16. The standard InChI is InChI=1S/C17H15ClF3NO3/c1-10(25-13-6-4-12(24-2)5-7-13)16(23)22-11-3-8-15(18)14(9-11)17(19,20)21/h3-10H,1-2H3,(H,22,23)/t10-/m1/s1. The lowest BCUT2D eigenvalue weighted by atomic mass is 10.2. The van der Waals surface area contributed by atoms with Gasteiger partial charge in [-0.1, -0.05) is 11.6 Å². The van der Waals surface area contributed by atoms with Crippen LogP contribution in [0.4, 0.5) is 18.9 Å².